The molecule has 0 saturated carbocycles. The number of pyridine rings is 1. The van der Waals surface area contributed by atoms with Gasteiger partial charge in [0.25, 0.3) is 0 Å². The molecule has 0 saturated heterocycles. The van der Waals surface area contributed by atoms with Crippen LogP contribution in [-0.2, 0) is 17.8 Å². The number of benzene rings is 2. The molecule has 0 radical (unpaired) electrons. The molecule has 0 spiro atoms. The van der Waals surface area contributed by atoms with E-state index in [1.165, 1.54) is 11.1 Å². The van der Waals surface area contributed by atoms with E-state index in [1.54, 1.807) is 12.4 Å². The second-order valence-electron chi connectivity index (χ2n) is 8.09. The van der Waals surface area contributed by atoms with E-state index in [9.17, 15) is 4.79 Å². The van der Waals surface area contributed by atoms with Gasteiger partial charge in [-0.05, 0) is 72.9 Å². The summed E-state index contributed by atoms with van der Waals surface area (Å²) in [7, 11) is 0. The molecule has 0 aliphatic rings. The van der Waals surface area contributed by atoms with E-state index in [0.29, 0.717) is 24.4 Å². The zero-order chi connectivity index (χ0) is 22.7. The SMILES string of the molecule is CCC(C(=O)NCc1ccncc1)n1c(Cc2ccccc2Cl)nc2cc(C)c(C)cc21. The summed E-state index contributed by atoms with van der Waals surface area (Å²) in [4.78, 5) is 22.3. The Morgan fingerprint density at radius 1 is 1.09 bits per heavy atom. The Balaban J connectivity index is 1.74. The predicted molar refractivity (Wildman–Crippen MR) is 129 cm³/mol. The third-order valence-electron chi connectivity index (χ3n) is 5.90. The Morgan fingerprint density at radius 3 is 2.53 bits per heavy atom. The zero-order valence-corrected chi connectivity index (χ0v) is 19.4. The topological polar surface area (TPSA) is 59.8 Å². The number of halogens is 1. The minimum Gasteiger partial charge on any atom is -0.350 e. The van der Waals surface area contributed by atoms with Crippen molar-refractivity contribution in [3.8, 4) is 0 Å². The van der Waals surface area contributed by atoms with Gasteiger partial charge in [0.1, 0.15) is 11.9 Å². The van der Waals surface area contributed by atoms with Gasteiger partial charge in [0.15, 0.2) is 0 Å². The van der Waals surface area contributed by atoms with E-state index in [-0.39, 0.29) is 11.9 Å². The van der Waals surface area contributed by atoms with E-state index < -0.39 is 0 Å². The second-order valence-corrected chi connectivity index (χ2v) is 8.50. The zero-order valence-electron chi connectivity index (χ0n) is 18.6. The number of rotatable bonds is 7. The number of aromatic nitrogens is 3. The van der Waals surface area contributed by atoms with Gasteiger partial charge < -0.3 is 9.88 Å². The molecule has 4 rings (SSSR count). The molecule has 6 heteroatoms. The van der Waals surface area contributed by atoms with Crippen molar-refractivity contribution in [2.24, 2.45) is 0 Å². The van der Waals surface area contributed by atoms with E-state index in [2.05, 4.69) is 40.8 Å². The van der Waals surface area contributed by atoms with Crippen LogP contribution in [0.3, 0.4) is 0 Å². The summed E-state index contributed by atoms with van der Waals surface area (Å²) in [5.41, 5.74) is 6.24. The van der Waals surface area contributed by atoms with Crippen molar-refractivity contribution in [2.45, 2.75) is 46.2 Å². The number of fused-ring (bicyclic) bond motifs is 1. The summed E-state index contributed by atoms with van der Waals surface area (Å²) in [6.07, 6.45) is 4.67. The first-order valence-corrected chi connectivity index (χ1v) is 11.2. The van der Waals surface area contributed by atoms with E-state index in [4.69, 9.17) is 16.6 Å². The highest BCUT2D eigenvalue weighted by Crippen LogP contribution is 2.29. The van der Waals surface area contributed by atoms with Crippen LogP contribution in [0.2, 0.25) is 5.02 Å². The molecule has 1 unspecified atom stereocenters. The van der Waals surface area contributed by atoms with E-state index >= 15 is 0 Å². The lowest BCUT2D eigenvalue weighted by molar-refractivity contribution is -0.124. The molecule has 0 fully saturated rings. The number of amides is 1. The van der Waals surface area contributed by atoms with Crippen LogP contribution in [0.25, 0.3) is 11.0 Å². The van der Waals surface area contributed by atoms with Gasteiger partial charge in [-0.15, -0.1) is 0 Å². The molecule has 2 heterocycles. The quantitative estimate of drug-likeness (QED) is 0.404. The highest BCUT2D eigenvalue weighted by molar-refractivity contribution is 6.31. The summed E-state index contributed by atoms with van der Waals surface area (Å²) in [6, 6.07) is 15.5. The summed E-state index contributed by atoms with van der Waals surface area (Å²) >= 11 is 6.45. The Labute approximate surface area is 193 Å². The molecule has 0 aliphatic carbocycles. The Bertz CT molecular complexity index is 1250. The first-order valence-electron chi connectivity index (χ1n) is 10.9. The number of hydrogen-bond donors (Lipinski definition) is 1. The molecular weight excluding hydrogens is 420 g/mol. The number of nitrogens with one attached hydrogen (secondary N) is 1. The van der Waals surface area contributed by atoms with Crippen LogP contribution in [0.4, 0.5) is 0 Å². The van der Waals surface area contributed by atoms with Crippen molar-refractivity contribution in [2.75, 3.05) is 0 Å². The van der Waals surface area contributed by atoms with E-state index in [1.807, 2.05) is 43.3 Å². The van der Waals surface area contributed by atoms with Gasteiger partial charge in [0.2, 0.25) is 5.91 Å². The molecule has 1 atom stereocenters. The van der Waals surface area contributed by atoms with Crippen molar-refractivity contribution < 1.29 is 4.79 Å². The third-order valence-corrected chi connectivity index (χ3v) is 6.27. The fourth-order valence-electron chi connectivity index (χ4n) is 3.98. The van der Waals surface area contributed by atoms with Crippen LogP contribution < -0.4 is 5.32 Å². The maximum Gasteiger partial charge on any atom is 0.243 e. The molecule has 2 aromatic heterocycles. The first-order chi connectivity index (χ1) is 15.5. The van der Waals surface area contributed by atoms with Crippen molar-refractivity contribution in [1.29, 1.82) is 0 Å². The van der Waals surface area contributed by atoms with Gasteiger partial charge >= 0.3 is 0 Å². The van der Waals surface area contributed by atoms with Gasteiger partial charge in [0.05, 0.1) is 11.0 Å². The summed E-state index contributed by atoms with van der Waals surface area (Å²) in [5.74, 6) is 0.811. The lowest BCUT2D eigenvalue weighted by Crippen LogP contribution is -2.32. The van der Waals surface area contributed by atoms with Crippen LogP contribution >= 0.6 is 11.6 Å². The minimum absolute atomic E-state index is 0.0257. The number of carbonyl (C=O) groups excluding carboxylic acids is 1. The monoisotopic (exact) mass is 446 g/mol. The standard InChI is InChI=1S/C26H27ClN4O/c1-4-23(26(32)29-16-19-9-11-28-12-10-19)31-24-14-18(3)17(2)13-22(24)30-25(31)15-20-7-5-6-8-21(20)27/h5-14,23H,4,15-16H2,1-3H3,(H,29,32). The molecule has 1 N–H and O–H groups in total. The molecule has 5 nitrogen and oxygen atoms in total. The molecular formula is C26H27ClN4O. The lowest BCUT2D eigenvalue weighted by Gasteiger charge is -2.21. The average molecular weight is 447 g/mol. The molecule has 0 bridgehead atoms. The largest absolute Gasteiger partial charge is 0.350 e. The smallest absolute Gasteiger partial charge is 0.243 e. The fourth-order valence-corrected chi connectivity index (χ4v) is 4.18. The highest BCUT2D eigenvalue weighted by atomic mass is 35.5. The minimum atomic E-state index is -0.374. The maximum atomic E-state index is 13.3. The first kappa shape index (κ1) is 22.0. The molecule has 2 aromatic carbocycles. The number of carbonyl (C=O) groups is 1. The highest BCUT2D eigenvalue weighted by Gasteiger charge is 2.25. The van der Waals surface area contributed by atoms with Crippen molar-refractivity contribution in [1.82, 2.24) is 19.9 Å². The Hall–Kier alpha value is -3.18. The molecule has 0 aliphatic heterocycles. The van der Waals surface area contributed by atoms with Crippen LogP contribution in [0.15, 0.2) is 60.9 Å². The fraction of sp³-hybridized carbons (Fsp3) is 0.269. The maximum absolute atomic E-state index is 13.3. The second kappa shape index (κ2) is 9.53. The number of nitrogens with zero attached hydrogens (tertiary/aromatic N) is 3. The van der Waals surface area contributed by atoms with Gasteiger partial charge in [-0.2, -0.15) is 0 Å². The molecule has 1 amide bonds. The number of imidazole rings is 1. The van der Waals surface area contributed by atoms with Crippen LogP contribution in [-0.4, -0.2) is 20.4 Å². The van der Waals surface area contributed by atoms with Crippen LogP contribution in [0, 0.1) is 13.8 Å². The van der Waals surface area contributed by atoms with Gasteiger partial charge in [-0.1, -0.05) is 36.7 Å². The molecule has 4 aromatic rings. The summed E-state index contributed by atoms with van der Waals surface area (Å²) < 4.78 is 2.09. The normalized spacial score (nSPS) is 12.1. The average Bonchev–Trinajstić information content (AvgIpc) is 3.12. The van der Waals surface area contributed by atoms with Gasteiger partial charge in [0, 0.05) is 30.4 Å². The molecule has 164 valence electrons. The van der Waals surface area contributed by atoms with Crippen molar-refractivity contribution in [3.63, 3.8) is 0 Å². The van der Waals surface area contributed by atoms with Crippen LogP contribution in [0.1, 0.15) is 47.5 Å². The van der Waals surface area contributed by atoms with Gasteiger partial charge in [-0.3, -0.25) is 9.78 Å². The number of hydrogen-bond acceptors (Lipinski definition) is 3. The Morgan fingerprint density at radius 2 is 1.81 bits per heavy atom. The third kappa shape index (κ3) is 4.53. The molecule has 32 heavy (non-hydrogen) atoms. The van der Waals surface area contributed by atoms with Gasteiger partial charge in [-0.25, -0.2) is 4.98 Å². The number of aryl methyl sites for hydroxylation is 2. The van der Waals surface area contributed by atoms with Crippen LogP contribution in [0.5, 0.6) is 0 Å². The van der Waals surface area contributed by atoms with Crippen molar-refractivity contribution >= 4 is 28.5 Å². The summed E-state index contributed by atoms with van der Waals surface area (Å²) in [5, 5.41) is 3.79. The van der Waals surface area contributed by atoms with E-state index in [0.717, 1.165) is 28.0 Å². The predicted octanol–water partition coefficient (Wildman–Crippen LogP) is 5.56. The Kier molecular flexibility index (Phi) is 6.56. The lowest BCUT2D eigenvalue weighted by atomic mass is 10.1. The summed E-state index contributed by atoms with van der Waals surface area (Å²) in [6.45, 7) is 6.66. The van der Waals surface area contributed by atoms with Crippen molar-refractivity contribution in [3.05, 3.63) is 94.0 Å².